The Morgan fingerprint density at radius 1 is 0.818 bits per heavy atom. The molecule has 3 heteroatoms. The fourth-order valence-electron chi connectivity index (χ4n) is 6.40. The first kappa shape index (κ1) is 20.3. The summed E-state index contributed by atoms with van der Waals surface area (Å²) in [6.45, 7) is 9.55. The van der Waals surface area contributed by atoms with Gasteiger partial charge >= 0.3 is 0 Å². The van der Waals surface area contributed by atoms with E-state index in [9.17, 15) is 0 Å². The molecule has 166 valence electrons. The van der Waals surface area contributed by atoms with Gasteiger partial charge in [-0.3, -0.25) is 0 Å². The third-order valence-electron chi connectivity index (χ3n) is 8.88. The van der Waals surface area contributed by atoms with Gasteiger partial charge in [-0.15, -0.1) is 0 Å². The van der Waals surface area contributed by atoms with E-state index in [1.54, 1.807) is 0 Å². The Kier molecular flexibility index (Phi) is 4.20. The van der Waals surface area contributed by atoms with Crippen molar-refractivity contribution in [1.29, 1.82) is 0 Å². The van der Waals surface area contributed by atoms with Gasteiger partial charge in [-0.1, -0.05) is 57.2 Å². The Bertz CT molecular complexity index is 1540. The maximum Gasteiger partial charge on any atom is 0.294 e. The van der Waals surface area contributed by atoms with Crippen molar-refractivity contribution in [3.63, 3.8) is 0 Å². The third-order valence-corrected chi connectivity index (χ3v) is 8.88. The molecular formula is C30H32N3+. The first-order chi connectivity index (χ1) is 15.9. The van der Waals surface area contributed by atoms with E-state index < -0.39 is 0 Å². The van der Waals surface area contributed by atoms with Crippen LogP contribution in [0.25, 0.3) is 38.9 Å². The number of fused-ring (bicyclic) bond motifs is 6. The fourth-order valence-corrected chi connectivity index (χ4v) is 6.40. The summed E-state index contributed by atoms with van der Waals surface area (Å²) in [7, 11) is 2.17. The molecule has 33 heavy (non-hydrogen) atoms. The second-order valence-corrected chi connectivity index (χ2v) is 10.00. The molecule has 5 aromatic rings. The van der Waals surface area contributed by atoms with E-state index >= 15 is 0 Å². The Hall–Kier alpha value is -3.33. The molecule has 2 atom stereocenters. The zero-order valence-electron chi connectivity index (χ0n) is 20.3. The summed E-state index contributed by atoms with van der Waals surface area (Å²) in [6.07, 6.45) is 6.74. The number of aromatic nitrogens is 3. The van der Waals surface area contributed by atoms with Gasteiger partial charge in [0.1, 0.15) is 23.6 Å². The molecule has 0 amide bonds. The minimum Gasteiger partial charge on any atom is -0.343 e. The third kappa shape index (κ3) is 2.43. The van der Waals surface area contributed by atoms with Crippen LogP contribution in [0.5, 0.6) is 0 Å². The van der Waals surface area contributed by atoms with Crippen LogP contribution in [0.3, 0.4) is 0 Å². The highest BCUT2D eigenvalue weighted by atomic mass is 15.2. The number of hydrogen-bond acceptors (Lipinski definition) is 0. The molecule has 0 radical (unpaired) electrons. The Morgan fingerprint density at radius 2 is 1.55 bits per heavy atom. The van der Waals surface area contributed by atoms with Gasteiger partial charge in [-0.25, -0.2) is 4.57 Å². The van der Waals surface area contributed by atoms with Crippen molar-refractivity contribution in [2.24, 2.45) is 7.05 Å². The second-order valence-electron chi connectivity index (χ2n) is 10.00. The van der Waals surface area contributed by atoms with E-state index in [0.717, 1.165) is 12.8 Å². The van der Waals surface area contributed by atoms with Gasteiger partial charge in [0, 0.05) is 34.8 Å². The van der Waals surface area contributed by atoms with Crippen molar-refractivity contribution in [2.45, 2.75) is 51.5 Å². The highest BCUT2D eigenvalue weighted by Gasteiger charge is 2.55. The Labute approximate surface area is 195 Å². The maximum atomic E-state index is 2.55. The maximum absolute atomic E-state index is 2.55. The fraction of sp³-hybridized carbons (Fsp3) is 0.300. The molecule has 0 fully saturated rings. The molecule has 3 aromatic carbocycles. The Morgan fingerprint density at radius 3 is 2.33 bits per heavy atom. The number of benzene rings is 3. The number of para-hydroxylation sites is 1. The van der Waals surface area contributed by atoms with Gasteiger partial charge < -0.3 is 4.57 Å². The number of aryl methyl sites for hydroxylation is 1. The lowest BCUT2D eigenvalue weighted by atomic mass is 9.61. The summed E-state index contributed by atoms with van der Waals surface area (Å²) in [5.74, 6) is 1.28. The van der Waals surface area contributed by atoms with Gasteiger partial charge in [0.2, 0.25) is 0 Å². The lowest BCUT2D eigenvalue weighted by molar-refractivity contribution is -0.764. The smallest absolute Gasteiger partial charge is 0.294 e. The summed E-state index contributed by atoms with van der Waals surface area (Å²) in [6, 6.07) is 24.6. The molecular weight excluding hydrogens is 402 g/mol. The molecule has 0 N–H and O–H groups in total. The van der Waals surface area contributed by atoms with Gasteiger partial charge in [0.25, 0.3) is 5.82 Å². The Balaban J connectivity index is 1.64. The van der Waals surface area contributed by atoms with Crippen molar-refractivity contribution in [1.82, 2.24) is 9.13 Å². The molecule has 3 nitrogen and oxygen atoms in total. The van der Waals surface area contributed by atoms with Crippen LogP contribution in [-0.2, 0) is 18.0 Å². The first-order valence-electron chi connectivity index (χ1n) is 12.2. The molecule has 1 aliphatic heterocycles. The van der Waals surface area contributed by atoms with Crippen LogP contribution in [-0.4, -0.2) is 9.13 Å². The van der Waals surface area contributed by atoms with E-state index in [1.165, 1.54) is 44.4 Å². The summed E-state index contributed by atoms with van der Waals surface area (Å²) in [4.78, 5) is 0. The van der Waals surface area contributed by atoms with Gasteiger partial charge in [-0.05, 0) is 49.6 Å². The van der Waals surface area contributed by atoms with Crippen molar-refractivity contribution in [3.8, 4) is 17.1 Å². The average Bonchev–Trinajstić information content (AvgIpc) is 3.43. The number of nitrogens with zero attached hydrogens (tertiary/aromatic N) is 3. The predicted octanol–water partition coefficient (Wildman–Crippen LogP) is 6.88. The topological polar surface area (TPSA) is 13.7 Å². The monoisotopic (exact) mass is 434 g/mol. The van der Waals surface area contributed by atoms with Crippen LogP contribution >= 0.6 is 0 Å². The number of hydrogen-bond donors (Lipinski definition) is 0. The van der Waals surface area contributed by atoms with Crippen LogP contribution < -0.4 is 4.57 Å². The number of rotatable bonds is 3. The normalized spacial score (nSPS) is 22.0. The van der Waals surface area contributed by atoms with Crippen LogP contribution in [0.2, 0.25) is 0 Å². The minimum absolute atomic E-state index is 0.000439. The summed E-state index contributed by atoms with van der Waals surface area (Å²) >= 11 is 0. The van der Waals surface area contributed by atoms with E-state index in [2.05, 4.69) is 128 Å². The molecule has 2 aromatic heterocycles. The summed E-state index contributed by atoms with van der Waals surface area (Å²) in [5, 5.41) is 2.62. The molecule has 1 aliphatic rings. The van der Waals surface area contributed by atoms with Crippen molar-refractivity contribution in [2.75, 3.05) is 0 Å². The molecule has 6 rings (SSSR count). The van der Waals surface area contributed by atoms with Crippen LogP contribution in [0.15, 0.2) is 79.1 Å². The molecule has 0 aliphatic carbocycles. The van der Waals surface area contributed by atoms with Crippen LogP contribution in [0.1, 0.15) is 46.1 Å². The molecule has 0 spiro atoms. The first-order valence-corrected chi connectivity index (χ1v) is 12.2. The molecule has 2 unspecified atom stereocenters. The predicted molar refractivity (Wildman–Crippen MR) is 137 cm³/mol. The summed E-state index contributed by atoms with van der Waals surface area (Å²) in [5.41, 5.74) is 6.62. The highest BCUT2D eigenvalue weighted by Crippen LogP contribution is 2.49. The van der Waals surface area contributed by atoms with E-state index in [4.69, 9.17) is 0 Å². The quantitative estimate of drug-likeness (QED) is 0.275. The van der Waals surface area contributed by atoms with E-state index in [0.29, 0.717) is 0 Å². The zero-order chi connectivity index (χ0) is 23.0. The van der Waals surface area contributed by atoms with Crippen LogP contribution in [0, 0.1) is 0 Å². The van der Waals surface area contributed by atoms with Gasteiger partial charge in [-0.2, -0.15) is 4.57 Å². The zero-order valence-corrected chi connectivity index (χ0v) is 20.3. The van der Waals surface area contributed by atoms with Crippen molar-refractivity contribution >= 4 is 21.8 Å². The van der Waals surface area contributed by atoms with E-state index in [-0.39, 0.29) is 11.0 Å². The molecule has 0 saturated heterocycles. The molecule has 3 heterocycles. The molecule has 0 saturated carbocycles. The van der Waals surface area contributed by atoms with E-state index in [1.807, 2.05) is 0 Å². The average molecular weight is 435 g/mol. The van der Waals surface area contributed by atoms with Gasteiger partial charge in [0.05, 0.1) is 11.1 Å². The standard InChI is InChI=1S/C30H32N3/c1-6-29(3)25-14-10-8-13-24(25)28-32(18-19-33(28)30(29,4)7-2)21-16-17-23-22-12-9-11-15-26(22)31(5)27(23)20-21/h8-20H,6-7H2,1-5H3/q+1. The lowest BCUT2D eigenvalue weighted by Crippen LogP contribution is -2.67. The van der Waals surface area contributed by atoms with Crippen LogP contribution in [0.4, 0.5) is 0 Å². The SMILES string of the molecule is CCC1(C)c2ccccc2-c2n(-c3ccc4c5ccccc5n(C)c4c3)cc[n+]2C1(C)CC. The lowest BCUT2D eigenvalue weighted by Gasteiger charge is -2.47. The van der Waals surface area contributed by atoms with Crippen molar-refractivity contribution < 1.29 is 4.57 Å². The highest BCUT2D eigenvalue weighted by molar-refractivity contribution is 6.08. The second kappa shape index (κ2) is 6.84. The minimum atomic E-state index is 0.000439. The summed E-state index contributed by atoms with van der Waals surface area (Å²) < 4.78 is 7.25. The molecule has 0 bridgehead atoms. The largest absolute Gasteiger partial charge is 0.343 e. The number of imidazole rings is 1. The van der Waals surface area contributed by atoms with Crippen molar-refractivity contribution in [3.05, 3.63) is 84.7 Å². The van der Waals surface area contributed by atoms with Gasteiger partial charge in [0.15, 0.2) is 0 Å².